The van der Waals surface area contributed by atoms with Crippen LogP contribution in [0.25, 0.3) is 0 Å². The molecule has 0 saturated heterocycles. The fourth-order valence-electron chi connectivity index (χ4n) is 1.91. The van der Waals surface area contributed by atoms with E-state index in [0.29, 0.717) is 5.92 Å². The van der Waals surface area contributed by atoms with Crippen LogP contribution in [0.4, 0.5) is 0 Å². The van der Waals surface area contributed by atoms with E-state index in [1.165, 1.54) is 11.1 Å². The highest BCUT2D eigenvalue weighted by atomic mass is 14.9. The molecule has 1 aromatic carbocycles. The lowest BCUT2D eigenvalue weighted by atomic mass is 10.1. The van der Waals surface area contributed by atoms with Crippen LogP contribution in [0.3, 0.4) is 0 Å². The molecule has 0 aliphatic carbocycles. The van der Waals surface area contributed by atoms with Gasteiger partial charge in [0.05, 0.1) is 0 Å². The smallest absolute Gasteiger partial charge is 0.0205 e. The second kappa shape index (κ2) is 7.66. The van der Waals surface area contributed by atoms with E-state index in [-0.39, 0.29) is 5.54 Å². The van der Waals surface area contributed by atoms with Crippen molar-refractivity contribution < 1.29 is 0 Å². The van der Waals surface area contributed by atoms with Crippen LogP contribution in [0.2, 0.25) is 0 Å². The number of benzene rings is 1. The molecule has 2 heteroatoms. The minimum Gasteiger partial charge on any atom is -0.312 e. The Morgan fingerprint density at radius 1 is 1.00 bits per heavy atom. The third-order valence-corrected chi connectivity index (χ3v) is 2.97. The highest BCUT2D eigenvalue weighted by Gasteiger charge is 2.07. The lowest BCUT2D eigenvalue weighted by molar-refractivity contribution is 0.429. The van der Waals surface area contributed by atoms with Gasteiger partial charge < -0.3 is 10.6 Å². The van der Waals surface area contributed by atoms with Crippen LogP contribution >= 0.6 is 0 Å². The van der Waals surface area contributed by atoms with E-state index < -0.39 is 0 Å². The first-order valence-corrected chi connectivity index (χ1v) is 7.40. The van der Waals surface area contributed by atoms with E-state index in [0.717, 1.165) is 26.1 Å². The minimum atomic E-state index is 0.209. The molecule has 0 unspecified atom stereocenters. The summed E-state index contributed by atoms with van der Waals surface area (Å²) >= 11 is 0. The average Bonchev–Trinajstić information content (AvgIpc) is 2.29. The Morgan fingerprint density at radius 3 is 2.11 bits per heavy atom. The van der Waals surface area contributed by atoms with Gasteiger partial charge in [0.25, 0.3) is 0 Å². The van der Waals surface area contributed by atoms with Crippen LogP contribution < -0.4 is 10.6 Å². The summed E-state index contributed by atoms with van der Waals surface area (Å²) in [6, 6.07) is 8.97. The maximum atomic E-state index is 3.52. The van der Waals surface area contributed by atoms with Crippen LogP contribution in [0.1, 0.15) is 45.7 Å². The fourth-order valence-corrected chi connectivity index (χ4v) is 1.91. The van der Waals surface area contributed by atoms with Crippen molar-refractivity contribution in [1.29, 1.82) is 0 Å². The van der Waals surface area contributed by atoms with E-state index in [1.54, 1.807) is 0 Å². The zero-order valence-corrected chi connectivity index (χ0v) is 13.2. The second-order valence-corrected chi connectivity index (χ2v) is 6.77. The van der Waals surface area contributed by atoms with Gasteiger partial charge in [-0.05, 0) is 57.3 Å². The fraction of sp³-hybridized carbons (Fsp3) is 0.647. The molecule has 0 amide bonds. The van der Waals surface area contributed by atoms with Crippen molar-refractivity contribution in [3.05, 3.63) is 35.4 Å². The maximum Gasteiger partial charge on any atom is 0.0205 e. The van der Waals surface area contributed by atoms with Crippen LogP contribution in [0.5, 0.6) is 0 Å². The first-order chi connectivity index (χ1) is 8.87. The summed E-state index contributed by atoms with van der Waals surface area (Å²) < 4.78 is 0. The predicted molar refractivity (Wildman–Crippen MR) is 84.4 cm³/mol. The maximum absolute atomic E-state index is 3.52. The molecule has 19 heavy (non-hydrogen) atoms. The summed E-state index contributed by atoms with van der Waals surface area (Å²) in [5, 5.41) is 6.99. The summed E-state index contributed by atoms with van der Waals surface area (Å²) in [4.78, 5) is 0. The van der Waals surface area contributed by atoms with Gasteiger partial charge in [-0.25, -0.2) is 0 Å². The molecular formula is C17H30N2. The van der Waals surface area contributed by atoms with Crippen molar-refractivity contribution in [3.63, 3.8) is 0 Å². The Bertz CT molecular complexity index is 347. The molecule has 0 aliphatic heterocycles. The zero-order valence-electron chi connectivity index (χ0n) is 13.2. The molecule has 2 nitrogen and oxygen atoms in total. The molecule has 0 aromatic heterocycles. The van der Waals surface area contributed by atoms with Crippen LogP contribution in [0.15, 0.2) is 24.3 Å². The molecule has 0 heterocycles. The SMILES string of the molecule is CC(C)CNCc1ccc(CCNC(C)(C)C)cc1. The molecule has 108 valence electrons. The van der Waals surface area contributed by atoms with Crippen molar-refractivity contribution >= 4 is 0 Å². The number of hydrogen-bond donors (Lipinski definition) is 2. The van der Waals surface area contributed by atoms with Crippen molar-refractivity contribution in [3.8, 4) is 0 Å². The van der Waals surface area contributed by atoms with Gasteiger partial charge in [-0.1, -0.05) is 38.1 Å². The zero-order chi connectivity index (χ0) is 14.3. The lowest BCUT2D eigenvalue weighted by Gasteiger charge is -2.20. The standard InChI is InChI=1S/C17H30N2/c1-14(2)12-18-13-16-8-6-15(7-9-16)10-11-19-17(3,4)5/h6-9,14,18-19H,10-13H2,1-5H3. The molecule has 0 spiro atoms. The monoisotopic (exact) mass is 262 g/mol. The molecule has 2 N–H and O–H groups in total. The third kappa shape index (κ3) is 8.02. The van der Waals surface area contributed by atoms with Crippen molar-refractivity contribution in [2.24, 2.45) is 5.92 Å². The Hall–Kier alpha value is -0.860. The molecule has 0 atom stereocenters. The Balaban J connectivity index is 2.31. The van der Waals surface area contributed by atoms with Gasteiger partial charge in [-0.3, -0.25) is 0 Å². The van der Waals surface area contributed by atoms with E-state index in [1.807, 2.05) is 0 Å². The van der Waals surface area contributed by atoms with Gasteiger partial charge in [-0.2, -0.15) is 0 Å². The van der Waals surface area contributed by atoms with Crippen LogP contribution in [-0.4, -0.2) is 18.6 Å². The number of nitrogens with one attached hydrogen (secondary N) is 2. The highest BCUT2D eigenvalue weighted by Crippen LogP contribution is 2.06. The summed E-state index contributed by atoms with van der Waals surface area (Å²) in [6.07, 6.45) is 1.09. The predicted octanol–water partition coefficient (Wildman–Crippen LogP) is 3.36. The molecular weight excluding hydrogens is 232 g/mol. The molecule has 0 radical (unpaired) electrons. The summed E-state index contributed by atoms with van der Waals surface area (Å²) in [5.74, 6) is 0.711. The normalized spacial score (nSPS) is 12.1. The van der Waals surface area contributed by atoms with E-state index in [2.05, 4.69) is 69.5 Å². The van der Waals surface area contributed by atoms with E-state index in [4.69, 9.17) is 0 Å². The molecule has 0 fully saturated rings. The van der Waals surface area contributed by atoms with Crippen LogP contribution in [0, 0.1) is 5.92 Å². The molecule has 0 bridgehead atoms. The Kier molecular flexibility index (Phi) is 6.53. The van der Waals surface area contributed by atoms with E-state index >= 15 is 0 Å². The Morgan fingerprint density at radius 2 is 1.58 bits per heavy atom. The molecule has 1 rings (SSSR count). The summed E-state index contributed by atoms with van der Waals surface area (Å²) in [7, 11) is 0. The molecule has 0 saturated carbocycles. The second-order valence-electron chi connectivity index (χ2n) is 6.77. The lowest BCUT2D eigenvalue weighted by Crippen LogP contribution is -2.37. The minimum absolute atomic E-state index is 0.209. The summed E-state index contributed by atoms with van der Waals surface area (Å²) in [5.41, 5.74) is 2.98. The van der Waals surface area contributed by atoms with Crippen molar-refractivity contribution in [2.45, 2.75) is 53.1 Å². The number of hydrogen-bond acceptors (Lipinski definition) is 2. The molecule has 0 aliphatic rings. The largest absolute Gasteiger partial charge is 0.312 e. The van der Waals surface area contributed by atoms with Gasteiger partial charge in [0.15, 0.2) is 0 Å². The van der Waals surface area contributed by atoms with Crippen molar-refractivity contribution in [2.75, 3.05) is 13.1 Å². The van der Waals surface area contributed by atoms with Gasteiger partial charge in [-0.15, -0.1) is 0 Å². The molecule has 1 aromatic rings. The third-order valence-electron chi connectivity index (χ3n) is 2.97. The van der Waals surface area contributed by atoms with Gasteiger partial charge >= 0.3 is 0 Å². The van der Waals surface area contributed by atoms with Gasteiger partial charge in [0.2, 0.25) is 0 Å². The van der Waals surface area contributed by atoms with Crippen LogP contribution in [-0.2, 0) is 13.0 Å². The average molecular weight is 262 g/mol. The summed E-state index contributed by atoms with van der Waals surface area (Å²) in [6.45, 7) is 14.2. The van der Waals surface area contributed by atoms with Gasteiger partial charge in [0, 0.05) is 12.1 Å². The van der Waals surface area contributed by atoms with E-state index in [9.17, 15) is 0 Å². The number of rotatable bonds is 7. The quantitative estimate of drug-likeness (QED) is 0.787. The Labute approximate surface area is 119 Å². The van der Waals surface area contributed by atoms with Crippen molar-refractivity contribution in [1.82, 2.24) is 10.6 Å². The highest BCUT2D eigenvalue weighted by molar-refractivity contribution is 5.22. The van der Waals surface area contributed by atoms with Gasteiger partial charge in [0.1, 0.15) is 0 Å². The first kappa shape index (κ1) is 16.2. The first-order valence-electron chi connectivity index (χ1n) is 7.40. The topological polar surface area (TPSA) is 24.1 Å².